The molecule has 3 heterocycles. The molecule has 2 aliphatic rings. The number of hydrogen-bond donors (Lipinski definition) is 1. The number of carbonyl (C=O) groups is 2. The molecule has 1 aliphatic carbocycles. The molecular formula is C23H24N4O3S2. The summed E-state index contributed by atoms with van der Waals surface area (Å²) in [5.41, 5.74) is 2.75. The number of para-hydroxylation sites is 2. The maximum atomic E-state index is 13.1. The second kappa shape index (κ2) is 8.71. The van der Waals surface area contributed by atoms with Crippen LogP contribution in [0.5, 0.6) is 0 Å². The minimum Gasteiger partial charge on any atom is -0.410 e. The van der Waals surface area contributed by atoms with Gasteiger partial charge in [-0.25, -0.2) is 0 Å². The molecule has 0 bridgehead atoms. The van der Waals surface area contributed by atoms with Crippen molar-refractivity contribution < 1.29 is 14.0 Å². The van der Waals surface area contributed by atoms with E-state index in [1.54, 1.807) is 16.2 Å². The number of aryl methyl sites for hydroxylation is 1. The van der Waals surface area contributed by atoms with Gasteiger partial charge in [0.1, 0.15) is 0 Å². The van der Waals surface area contributed by atoms with Crippen molar-refractivity contribution in [1.29, 1.82) is 0 Å². The summed E-state index contributed by atoms with van der Waals surface area (Å²) in [5, 5.41) is 11.6. The Morgan fingerprint density at radius 3 is 3.00 bits per heavy atom. The second-order valence-corrected chi connectivity index (χ2v) is 10.5. The first kappa shape index (κ1) is 21.2. The fourth-order valence-corrected chi connectivity index (χ4v) is 6.09. The lowest BCUT2D eigenvalue weighted by Gasteiger charge is -2.27. The number of rotatable bonds is 4. The van der Waals surface area contributed by atoms with Crippen LogP contribution in [-0.2, 0) is 22.4 Å². The van der Waals surface area contributed by atoms with Crippen LogP contribution in [0.25, 0.3) is 10.8 Å². The molecule has 0 spiro atoms. The van der Waals surface area contributed by atoms with Gasteiger partial charge in [-0.05, 0) is 55.9 Å². The molecule has 9 heteroatoms. The molecule has 2 atom stereocenters. The number of amides is 2. The zero-order valence-electron chi connectivity index (χ0n) is 18.0. The van der Waals surface area contributed by atoms with E-state index in [9.17, 15) is 9.59 Å². The Morgan fingerprint density at radius 1 is 1.28 bits per heavy atom. The highest BCUT2D eigenvalue weighted by atomic mass is 32.2. The van der Waals surface area contributed by atoms with Crippen LogP contribution in [0.15, 0.2) is 40.0 Å². The van der Waals surface area contributed by atoms with Gasteiger partial charge >= 0.3 is 0 Å². The van der Waals surface area contributed by atoms with Crippen molar-refractivity contribution in [3.05, 3.63) is 40.8 Å². The van der Waals surface area contributed by atoms with Crippen molar-refractivity contribution in [3.8, 4) is 10.8 Å². The molecule has 0 fully saturated rings. The van der Waals surface area contributed by atoms with Gasteiger partial charge in [-0.1, -0.05) is 30.8 Å². The first-order valence-corrected chi connectivity index (χ1v) is 12.6. The maximum Gasteiger partial charge on any atom is 0.277 e. The van der Waals surface area contributed by atoms with Crippen molar-refractivity contribution in [3.63, 3.8) is 0 Å². The molecule has 1 aromatic carbocycles. The summed E-state index contributed by atoms with van der Waals surface area (Å²) in [6.45, 7) is 4.17. The van der Waals surface area contributed by atoms with Crippen LogP contribution in [0.4, 0.5) is 11.4 Å². The molecule has 5 rings (SSSR count). The Morgan fingerprint density at radius 2 is 2.12 bits per heavy atom. The Kier molecular flexibility index (Phi) is 5.77. The van der Waals surface area contributed by atoms with E-state index < -0.39 is 0 Å². The second-order valence-electron chi connectivity index (χ2n) is 8.45. The number of hydrogen-bond acceptors (Lipinski definition) is 7. The standard InChI is InChI=1S/C23H24N4O3S2/c1-13-7-8-18-15(9-13)11-19(32-18)22-25-26-23(30-22)31-12-21(29)27-14(2)10-20(28)24-16-5-3-4-6-17(16)27/h3-6,11,13-14H,7-10,12H2,1-2H3,(H,24,28)/t13-,14-/m1/s1. The number of thiophene rings is 1. The van der Waals surface area contributed by atoms with Gasteiger partial charge in [0.05, 0.1) is 22.0 Å². The Balaban J connectivity index is 1.29. The zero-order chi connectivity index (χ0) is 22.2. The summed E-state index contributed by atoms with van der Waals surface area (Å²) in [6, 6.07) is 9.29. The van der Waals surface area contributed by atoms with Gasteiger partial charge in [0.25, 0.3) is 11.1 Å². The molecule has 166 valence electrons. The van der Waals surface area contributed by atoms with Gasteiger partial charge in [0.2, 0.25) is 11.8 Å². The topological polar surface area (TPSA) is 88.3 Å². The number of nitrogens with one attached hydrogen (secondary N) is 1. The molecule has 2 aromatic heterocycles. The normalized spacial score (nSPS) is 20.3. The lowest BCUT2D eigenvalue weighted by molar-refractivity contribution is -0.117. The molecule has 0 saturated carbocycles. The lowest BCUT2D eigenvalue weighted by atomic mass is 9.90. The average molecular weight is 469 g/mol. The monoisotopic (exact) mass is 468 g/mol. The number of carbonyl (C=O) groups excluding carboxylic acids is 2. The molecule has 0 radical (unpaired) electrons. The van der Waals surface area contributed by atoms with E-state index in [4.69, 9.17) is 4.42 Å². The van der Waals surface area contributed by atoms with Crippen LogP contribution in [-0.4, -0.2) is 33.8 Å². The van der Waals surface area contributed by atoms with E-state index in [2.05, 4.69) is 28.5 Å². The van der Waals surface area contributed by atoms with E-state index in [1.165, 1.54) is 28.6 Å². The molecule has 3 aromatic rings. The third-order valence-corrected chi connectivity index (χ3v) is 7.92. The van der Waals surface area contributed by atoms with Crippen molar-refractivity contribution in [2.24, 2.45) is 5.92 Å². The molecule has 2 amide bonds. The summed E-state index contributed by atoms with van der Waals surface area (Å²) >= 11 is 2.95. The van der Waals surface area contributed by atoms with Crippen LogP contribution in [0.2, 0.25) is 0 Å². The van der Waals surface area contributed by atoms with Crippen LogP contribution < -0.4 is 10.2 Å². The molecule has 32 heavy (non-hydrogen) atoms. The third kappa shape index (κ3) is 4.19. The number of aromatic nitrogens is 2. The average Bonchev–Trinajstić information content (AvgIpc) is 3.37. The van der Waals surface area contributed by atoms with Crippen LogP contribution >= 0.6 is 23.1 Å². The predicted molar refractivity (Wildman–Crippen MR) is 126 cm³/mol. The van der Waals surface area contributed by atoms with Gasteiger partial charge < -0.3 is 14.6 Å². The number of thioether (sulfide) groups is 1. The number of nitrogens with zero attached hydrogens (tertiary/aromatic N) is 3. The minimum absolute atomic E-state index is 0.0949. The summed E-state index contributed by atoms with van der Waals surface area (Å²) in [5.74, 6) is 1.17. The Labute approximate surface area is 194 Å². The van der Waals surface area contributed by atoms with E-state index in [0.29, 0.717) is 28.4 Å². The van der Waals surface area contributed by atoms with Crippen LogP contribution in [0.1, 0.15) is 37.1 Å². The number of anilines is 2. The van der Waals surface area contributed by atoms with E-state index in [1.807, 2.05) is 31.2 Å². The van der Waals surface area contributed by atoms with Crippen molar-refractivity contribution in [2.75, 3.05) is 16.0 Å². The highest BCUT2D eigenvalue weighted by molar-refractivity contribution is 7.99. The first-order valence-electron chi connectivity index (χ1n) is 10.8. The molecule has 0 saturated heterocycles. The van der Waals surface area contributed by atoms with Gasteiger partial charge in [-0.2, -0.15) is 0 Å². The Bertz CT molecular complexity index is 1170. The SMILES string of the molecule is C[C@@H]1CCc2sc(-c3nnc(SCC(=O)N4c5ccccc5NC(=O)C[C@H]4C)o3)cc2C1. The van der Waals surface area contributed by atoms with Gasteiger partial charge in [0, 0.05) is 17.3 Å². The molecule has 0 unspecified atom stereocenters. The summed E-state index contributed by atoms with van der Waals surface area (Å²) in [6.07, 6.45) is 3.68. The van der Waals surface area contributed by atoms with Crippen molar-refractivity contribution >= 4 is 46.3 Å². The fourth-order valence-electron chi connectivity index (χ4n) is 4.34. The van der Waals surface area contributed by atoms with Crippen molar-refractivity contribution in [1.82, 2.24) is 10.2 Å². The first-order chi connectivity index (χ1) is 15.5. The molecular weight excluding hydrogens is 444 g/mol. The fraction of sp³-hybridized carbons (Fsp3) is 0.391. The molecule has 1 N–H and O–H groups in total. The van der Waals surface area contributed by atoms with E-state index in [0.717, 1.165) is 17.7 Å². The number of fused-ring (bicyclic) bond motifs is 2. The van der Waals surface area contributed by atoms with Crippen LogP contribution in [0.3, 0.4) is 0 Å². The highest BCUT2D eigenvalue weighted by Gasteiger charge is 2.30. The number of benzene rings is 1. The Hall–Kier alpha value is -2.65. The van der Waals surface area contributed by atoms with Gasteiger partial charge in [-0.3, -0.25) is 9.59 Å². The van der Waals surface area contributed by atoms with Gasteiger partial charge in [0.15, 0.2) is 0 Å². The minimum atomic E-state index is -0.246. The summed E-state index contributed by atoms with van der Waals surface area (Å²) < 4.78 is 5.86. The summed E-state index contributed by atoms with van der Waals surface area (Å²) in [4.78, 5) is 29.4. The molecule has 7 nitrogen and oxygen atoms in total. The molecule has 1 aliphatic heterocycles. The summed E-state index contributed by atoms with van der Waals surface area (Å²) in [7, 11) is 0. The maximum absolute atomic E-state index is 13.1. The highest BCUT2D eigenvalue weighted by Crippen LogP contribution is 2.37. The lowest BCUT2D eigenvalue weighted by Crippen LogP contribution is -2.40. The van der Waals surface area contributed by atoms with Crippen molar-refractivity contribution in [2.45, 2.75) is 50.8 Å². The predicted octanol–water partition coefficient (Wildman–Crippen LogP) is 4.78. The van der Waals surface area contributed by atoms with E-state index in [-0.39, 0.29) is 30.0 Å². The van der Waals surface area contributed by atoms with Gasteiger partial charge in [-0.15, -0.1) is 21.5 Å². The largest absolute Gasteiger partial charge is 0.410 e. The van der Waals surface area contributed by atoms with Crippen LogP contribution in [0, 0.1) is 5.92 Å². The quantitative estimate of drug-likeness (QED) is 0.555. The van der Waals surface area contributed by atoms with E-state index >= 15 is 0 Å². The third-order valence-electron chi connectivity index (χ3n) is 5.89. The smallest absolute Gasteiger partial charge is 0.277 e. The zero-order valence-corrected chi connectivity index (χ0v) is 19.6.